The molecule has 4 rings (SSSR count). The highest BCUT2D eigenvalue weighted by atomic mass is 16.7. The van der Waals surface area contributed by atoms with Crippen molar-refractivity contribution in [2.75, 3.05) is 39.3 Å². The fourth-order valence-corrected chi connectivity index (χ4v) is 5.82. The third kappa shape index (κ3) is 18.0. The Hall–Kier alpha value is -6.41. The van der Waals surface area contributed by atoms with Crippen LogP contribution in [-0.4, -0.2) is 90.6 Å². The maximum Gasteiger partial charge on any atom is 0.517 e. The van der Waals surface area contributed by atoms with E-state index in [9.17, 15) is 29.1 Å². The third-order valence-corrected chi connectivity index (χ3v) is 8.84. The van der Waals surface area contributed by atoms with Crippen LogP contribution in [0, 0.1) is 0 Å². The molecule has 58 heavy (non-hydrogen) atoms. The van der Waals surface area contributed by atoms with E-state index in [0.29, 0.717) is 45.2 Å². The van der Waals surface area contributed by atoms with Crippen molar-refractivity contribution in [3.63, 3.8) is 0 Å². The SMILES string of the molecule is O=C(O)CN(CCCNCCCCN(CCC(Cc1ccccc1)NC(=O)OCc1ccccc1)C(=O)OC(=O)OCc1ccccc1)C(=O)OCc1ccccc1. The van der Waals surface area contributed by atoms with Gasteiger partial charge < -0.3 is 39.6 Å². The molecule has 0 radical (unpaired) electrons. The molecule has 308 valence electrons. The summed E-state index contributed by atoms with van der Waals surface area (Å²) >= 11 is 0. The first-order valence-corrected chi connectivity index (χ1v) is 19.3. The lowest BCUT2D eigenvalue weighted by atomic mass is 10.0. The monoisotopic (exact) mass is 796 g/mol. The number of carboxylic acid groups (broad SMARTS) is 1. The lowest BCUT2D eigenvalue weighted by Crippen LogP contribution is -2.42. The molecule has 1 atom stereocenters. The van der Waals surface area contributed by atoms with E-state index >= 15 is 0 Å². The molecule has 0 spiro atoms. The Labute approximate surface area is 339 Å². The van der Waals surface area contributed by atoms with Crippen molar-refractivity contribution in [1.29, 1.82) is 0 Å². The molecule has 0 aliphatic rings. The number of alkyl carbamates (subject to hydrolysis) is 1. The second-order valence-corrected chi connectivity index (χ2v) is 13.4. The molecule has 0 bridgehead atoms. The summed E-state index contributed by atoms with van der Waals surface area (Å²) in [6.07, 6.45) is -0.785. The summed E-state index contributed by atoms with van der Waals surface area (Å²) in [5.74, 6) is -1.14. The molecule has 1 unspecified atom stereocenters. The summed E-state index contributed by atoms with van der Waals surface area (Å²) in [5, 5.41) is 15.5. The number of nitrogens with zero attached hydrogens (tertiary/aromatic N) is 2. The smallest absolute Gasteiger partial charge is 0.480 e. The molecule has 3 N–H and O–H groups in total. The van der Waals surface area contributed by atoms with Crippen LogP contribution in [0.2, 0.25) is 0 Å². The van der Waals surface area contributed by atoms with Gasteiger partial charge in [0.15, 0.2) is 0 Å². The van der Waals surface area contributed by atoms with Gasteiger partial charge in [0.05, 0.1) is 0 Å². The number of hydrogen-bond acceptors (Lipinski definition) is 10. The standard InChI is InChI=1S/C44H52N4O10/c49-40(50)31-48(42(52)56-33-37-20-9-3-10-21-37)28-15-26-45-25-13-14-27-47(43(53)58-44(54)57-34-38-22-11-4-12-23-38)29-24-39(30-35-16-5-1-6-17-35)46-41(51)55-32-36-18-7-2-8-19-36/h1-12,16-23,39,45H,13-15,24-34H2,(H,46,51)(H,49,50). The van der Waals surface area contributed by atoms with E-state index in [1.165, 1.54) is 4.90 Å². The zero-order valence-corrected chi connectivity index (χ0v) is 32.5. The van der Waals surface area contributed by atoms with Gasteiger partial charge in [0.1, 0.15) is 26.4 Å². The van der Waals surface area contributed by atoms with Gasteiger partial charge in [-0.15, -0.1) is 0 Å². The van der Waals surface area contributed by atoms with Crippen LogP contribution >= 0.6 is 0 Å². The Morgan fingerprint density at radius 3 is 1.62 bits per heavy atom. The van der Waals surface area contributed by atoms with Gasteiger partial charge in [-0.3, -0.25) is 9.69 Å². The summed E-state index contributed by atoms with van der Waals surface area (Å²) in [7, 11) is 0. The molecule has 4 aromatic rings. The predicted molar refractivity (Wildman–Crippen MR) is 216 cm³/mol. The number of ether oxygens (including phenoxy) is 4. The second-order valence-electron chi connectivity index (χ2n) is 13.4. The average molecular weight is 797 g/mol. The number of hydrogen-bond donors (Lipinski definition) is 3. The normalized spacial score (nSPS) is 11.1. The minimum Gasteiger partial charge on any atom is -0.480 e. The molecule has 0 aliphatic carbocycles. The van der Waals surface area contributed by atoms with E-state index in [2.05, 4.69) is 10.6 Å². The van der Waals surface area contributed by atoms with Crippen LogP contribution in [0.4, 0.5) is 19.2 Å². The van der Waals surface area contributed by atoms with Crippen LogP contribution in [0.25, 0.3) is 0 Å². The van der Waals surface area contributed by atoms with Gasteiger partial charge in [0.2, 0.25) is 0 Å². The van der Waals surface area contributed by atoms with Crippen LogP contribution in [0.1, 0.15) is 47.9 Å². The quantitative estimate of drug-likeness (QED) is 0.0301. The molecule has 3 amide bonds. The maximum absolute atomic E-state index is 13.3. The Kier molecular flexibility index (Phi) is 19.6. The van der Waals surface area contributed by atoms with Gasteiger partial charge in [0, 0.05) is 25.7 Å². The molecule has 0 aliphatic heterocycles. The number of carboxylic acids is 1. The molecule has 0 aromatic heterocycles. The minimum atomic E-state index is -1.14. The summed E-state index contributed by atoms with van der Waals surface area (Å²) in [4.78, 5) is 65.3. The number of benzene rings is 4. The van der Waals surface area contributed by atoms with Crippen LogP contribution in [-0.2, 0) is 50.0 Å². The Bertz CT molecular complexity index is 1820. The van der Waals surface area contributed by atoms with Crippen molar-refractivity contribution in [2.45, 2.75) is 58.0 Å². The summed E-state index contributed by atoms with van der Waals surface area (Å²) < 4.78 is 21.1. The maximum atomic E-state index is 13.3. The Morgan fingerprint density at radius 1 is 0.552 bits per heavy atom. The highest BCUT2D eigenvalue weighted by molar-refractivity contribution is 5.80. The Balaban J connectivity index is 1.28. The lowest BCUT2D eigenvalue weighted by Gasteiger charge is -2.25. The molecule has 4 aromatic carbocycles. The Morgan fingerprint density at radius 2 is 1.05 bits per heavy atom. The molecule has 0 heterocycles. The molecular formula is C44H52N4O10. The topological polar surface area (TPSA) is 173 Å². The van der Waals surface area contributed by atoms with Crippen molar-refractivity contribution in [1.82, 2.24) is 20.4 Å². The molecule has 14 nitrogen and oxygen atoms in total. The largest absolute Gasteiger partial charge is 0.517 e. The third-order valence-electron chi connectivity index (χ3n) is 8.84. The number of amides is 3. The van der Waals surface area contributed by atoms with Crippen molar-refractivity contribution in [3.8, 4) is 0 Å². The summed E-state index contributed by atoms with van der Waals surface area (Å²) in [6.45, 7) is 1.29. The van der Waals surface area contributed by atoms with Crippen LogP contribution in [0.5, 0.6) is 0 Å². The first kappa shape index (κ1) is 44.3. The van der Waals surface area contributed by atoms with Gasteiger partial charge in [-0.25, -0.2) is 19.2 Å². The van der Waals surface area contributed by atoms with Crippen LogP contribution in [0.3, 0.4) is 0 Å². The van der Waals surface area contributed by atoms with E-state index < -0.39 is 43.0 Å². The summed E-state index contributed by atoms with van der Waals surface area (Å²) in [6, 6.07) is 36.7. The van der Waals surface area contributed by atoms with E-state index in [-0.39, 0.29) is 39.5 Å². The molecule has 14 heteroatoms. The highest BCUT2D eigenvalue weighted by Crippen LogP contribution is 2.11. The molecule has 0 fully saturated rings. The van der Waals surface area contributed by atoms with E-state index in [0.717, 1.165) is 27.2 Å². The zero-order valence-electron chi connectivity index (χ0n) is 32.5. The van der Waals surface area contributed by atoms with E-state index in [1.54, 1.807) is 24.3 Å². The van der Waals surface area contributed by atoms with E-state index in [1.807, 2.05) is 97.1 Å². The fraction of sp³-hybridized carbons (Fsp3) is 0.341. The minimum absolute atomic E-state index is 0.0406. The zero-order chi connectivity index (χ0) is 41.2. The van der Waals surface area contributed by atoms with Crippen molar-refractivity contribution < 1.29 is 48.0 Å². The van der Waals surface area contributed by atoms with Crippen molar-refractivity contribution in [3.05, 3.63) is 144 Å². The predicted octanol–water partition coefficient (Wildman–Crippen LogP) is 7.17. The number of unbranched alkanes of at least 4 members (excludes halogenated alkanes) is 1. The fourth-order valence-electron chi connectivity index (χ4n) is 5.82. The second kappa shape index (κ2) is 25.7. The van der Waals surface area contributed by atoms with Crippen LogP contribution in [0.15, 0.2) is 121 Å². The van der Waals surface area contributed by atoms with Crippen molar-refractivity contribution >= 4 is 30.4 Å². The number of carbonyl (C=O) groups is 5. The van der Waals surface area contributed by atoms with Gasteiger partial charge in [-0.2, -0.15) is 0 Å². The van der Waals surface area contributed by atoms with Gasteiger partial charge in [0.25, 0.3) is 0 Å². The average Bonchev–Trinajstić information content (AvgIpc) is 3.24. The highest BCUT2D eigenvalue weighted by Gasteiger charge is 2.23. The van der Waals surface area contributed by atoms with Gasteiger partial charge in [-0.05, 0) is 67.4 Å². The lowest BCUT2D eigenvalue weighted by molar-refractivity contribution is -0.138. The number of rotatable bonds is 23. The number of carbonyl (C=O) groups excluding carboxylic acids is 4. The van der Waals surface area contributed by atoms with E-state index in [4.69, 9.17) is 18.9 Å². The number of aliphatic carboxylic acids is 1. The molecule has 0 saturated heterocycles. The molecular weight excluding hydrogens is 745 g/mol. The summed E-state index contributed by atoms with van der Waals surface area (Å²) in [5.41, 5.74) is 3.36. The van der Waals surface area contributed by atoms with Crippen LogP contribution < -0.4 is 10.6 Å². The van der Waals surface area contributed by atoms with Crippen molar-refractivity contribution in [2.24, 2.45) is 0 Å². The first-order valence-electron chi connectivity index (χ1n) is 19.3. The molecule has 0 saturated carbocycles. The van der Waals surface area contributed by atoms with Gasteiger partial charge >= 0.3 is 30.4 Å². The first-order chi connectivity index (χ1) is 28.2. The number of nitrogens with one attached hydrogen (secondary N) is 2. The van der Waals surface area contributed by atoms with Gasteiger partial charge in [-0.1, -0.05) is 121 Å².